The Kier molecular flexibility index (Phi) is 7.19. The quantitative estimate of drug-likeness (QED) is 0.486. The van der Waals surface area contributed by atoms with Crippen LogP contribution >= 0.6 is 11.6 Å². The molecule has 0 radical (unpaired) electrons. The Bertz CT molecular complexity index is 1300. The molecule has 0 N–H and O–H groups in total. The third kappa shape index (κ3) is 5.20. The van der Waals surface area contributed by atoms with Gasteiger partial charge < -0.3 is 9.30 Å². The number of sulfonamides is 1. The Morgan fingerprint density at radius 1 is 1.11 bits per heavy atom. The zero-order chi connectivity index (χ0) is 25.4. The fourth-order valence-electron chi connectivity index (χ4n) is 4.13. The number of hydrogen-bond acceptors (Lipinski definition) is 6. The van der Waals surface area contributed by atoms with E-state index >= 15 is 0 Å². The third-order valence-corrected chi connectivity index (χ3v) is 8.21. The van der Waals surface area contributed by atoms with Gasteiger partial charge in [-0.05, 0) is 39.0 Å². The Labute approximate surface area is 210 Å². The molecule has 1 saturated heterocycles. The number of halogens is 2. The molecule has 8 nitrogen and oxygen atoms in total. The van der Waals surface area contributed by atoms with Crippen LogP contribution < -0.4 is 4.31 Å². The van der Waals surface area contributed by atoms with Crippen LogP contribution in [0.4, 0.5) is 10.1 Å². The second-order valence-corrected chi connectivity index (χ2v) is 11.6. The summed E-state index contributed by atoms with van der Waals surface area (Å²) in [6.07, 6.45) is 0. The van der Waals surface area contributed by atoms with Gasteiger partial charge in [-0.15, -0.1) is 10.2 Å². The predicted octanol–water partition coefficient (Wildman–Crippen LogP) is 4.10. The van der Waals surface area contributed by atoms with E-state index in [2.05, 4.69) is 15.1 Å². The molecule has 3 aromatic rings. The van der Waals surface area contributed by atoms with E-state index in [4.69, 9.17) is 16.3 Å². The molecule has 0 spiro atoms. The zero-order valence-electron chi connectivity index (χ0n) is 20.2. The van der Waals surface area contributed by atoms with Gasteiger partial charge in [0.1, 0.15) is 11.6 Å². The third-order valence-electron chi connectivity index (χ3n) is 5.82. The van der Waals surface area contributed by atoms with Crippen LogP contribution in [0.2, 0.25) is 5.02 Å². The number of rotatable bonds is 6. The predicted molar refractivity (Wildman–Crippen MR) is 133 cm³/mol. The topological polar surface area (TPSA) is 80.6 Å². The highest BCUT2D eigenvalue weighted by atomic mass is 35.5. The van der Waals surface area contributed by atoms with Gasteiger partial charge in [-0.2, -0.15) is 0 Å². The molecular weight excluding hydrogens is 493 g/mol. The molecular formula is C24H29ClFN5O3S. The van der Waals surface area contributed by atoms with Gasteiger partial charge in [0.15, 0.2) is 5.82 Å². The number of ether oxygens (including phenoxy) is 1. The number of anilines is 1. The molecule has 35 heavy (non-hydrogen) atoms. The highest BCUT2D eigenvalue weighted by molar-refractivity contribution is 7.93. The fraction of sp³-hybridized carbons (Fsp3) is 0.417. The number of aromatic nitrogens is 3. The van der Waals surface area contributed by atoms with Gasteiger partial charge >= 0.3 is 0 Å². The molecule has 11 heteroatoms. The van der Waals surface area contributed by atoms with Gasteiger partial charge in [0.05, 0.1) is 35.4 Å². The van der Waals surface area contributed by atoms with Gasteiger partial charge in [-0.3, -0.25) is 9.21 Å². The summed E-state index contributed by atoms with van der Waals surface area (Å²) >= 11 is 6.18. The molecule has 0 atom stereocenters. The van der Waals surface area contributed by atoms with Crippen molar-refractivity contribution in [1.82, 2.24) is 19.7 Å². The molecule has 4 rings (SSSR count). The van der Waals surface area contributed by atoms with Crippen LogP contribution in [0.3, 0.4) is 0 Å². The first-order valence-electron chi connectivity index (χ1n) is 11.3. The van der Waals surface area contributed by atoms with Crippen molar-refractivity contribution in [3.63, 3.8) is 0 Å². The van der Waals surface area contributed by atoms with E-state index in [1.54, 1.807) is 50.6 Å². The number of benzene rings is 2. The maximum atomic E-state index is 14.8. The second-order valence-electron chi connectivity index (χ2n) is 9.42. The maximum Gasteiger partial charge on any atom is 0.264 e. The van der Waals surface area contributed by atoms with Crippen molar-refractivity contribution < 1.29 is 17.5 Å². The van der Waals surface area contributed by atoms with Crippen LogP contribution in [-0.4, -0.2) is 59.9 Å². The van der Waals surface area contributed by atoms with Crippen molar-refractivity contribution in [2.75, 3.05) is 30.6 Å². The first-order valence-corrected chi connectivity index (χ1v) is 13.1. The molecule has 0 saturated carbocycles. The summed E-state index contributed by atoms with van der Waals surface area (Å²) < 4.78 is 50.9. The van der Waals surface area contributed by atoms with E-state index < -0.39 is 21.4 Å². The van der Waals surface area contributed by atoms with Crippen LogP contribution in [0.15, 0.2) is 47.4 Å². The van der Waals surface area contributed by atoms with Gasteiger partial charge in [0, 0.05) is 37.3 Å². The summed E-state index contributed by atoms with van der Waals surface area (Å²) in [4.78, 5) is 2.30. The molecule has 1 aliphatic rings. The average Bonchev–Trinajstić information content (AvgIpc) is 3.16. The Balaban J connectivity index is 1.86. The highest BCUT2D eigenvalue weighted by Crippen LogP contribution is 2.40. The lowest BCUT2D eigenvalue weighted by Gasteiger charge is -2.37. The standard InChI is InChI=1S/C24H29ClFN5O3S/c1-24(2,3)31(35(32,33)17-8-6-5-7-9-17)21-15-20(26)19(25)14-18(21)23-28-27-22(29(23)4)16-30-10-12-34-13-11-30/h5-9,14-15H,10-13,16H2,1-4H3. The van der Waals surface area contributed by atoms with Crippen LogP contribution in [-0.2, 0) is 28.4 Å². The van der Waals surface area contributed by atoms with Crippen molar-refractivity contribution in [3.05, 3.63) is 59.1 Å². The lowest BCUT2D eigenvalue weighted by atomic mass is 10.1. The number of morpholine rings is 1. The lowest BCUT2D eigenvalue weighted by molar-refractivity contribution is 0.0326. The van der Waals surface area contributed by atoms with Crippen LogP contribution in [0.5, 0.6) is 0 Å². The van der Waals surface area contributed by atoms with E-state index in [0.717, 1.165) is 19.2 Å². The first kappa shape index (κ1) is 25.6. The van der Waals surface area contributed by atoms with E-state index in [1.807, 2.05) is 0 Å². The molecule has 2 heterocycles. The van der Waals surface area contributed by atoms with Crippen LogP contribution in [0, 0.1) is 5.82 Å². The van der Waals surface area contributed by atoms with Crippen molar-refractivity contribution in [1.29, 1.82) is 0 Å². The molecule has 0 unspecified atom stereocenters. The molecule has 1 fully saturated rings. The maximum absolute atomic E-state index is 14.8. The fourth-order valence-corrected chi connectivity index (χ4v) is 6.13. The highest BCUT2D eigenvalue weighted by Gasteiger charge is 2.37. The van der Waals surface area contributed by atoms with E-state index in [1.165, 1.54) is 22.5 Å². The summed E-state index contributed by atoms with van der Waals surface area (Å²) in [6, 6.07) is 10.6. The van der Waals surface area contributed by atoms with Gasteiger partial charge in [-0.25, -0.2) is 12.8 Å². The first-order chi connectivity index (χ1) is 16.5. The van der Waals surface area contributed by atoms with E-state index in [9.17, 15) is 12.8 Å². The Hall–Kier alpha value is -2.53. The SMILES string of the molecule is Cn1c(CN2CCOCC2)nnc1-c1cc(Cl)c(F)cc1N(C(C)(C)C)S(=O)(=O)c1ccccc1. The second kappa shape index (κ2) is 9.85. The smallest absolute Gasteiger partial charge is 0.264 e. The Morgan fingerprint density at radius 2 is 1.77 bits per heavy atom. The minimum absolute atomic E-state index is 0.0993. The summed E-state index contributed by atoms with van der Waals surface area (Å²) in [5.74, 6) is 0.364. The van der Waals surface area contributed by atoms with Gasteiger partial charge in [0.25, 0.3) is 10.0 Å². The molecule has 1 aliphatic heterocycles. The molecule has 0 amide bonds. The van der Waals surface area contributed by atoms with E-state index in [0.29, 0.717) is 37.0 Å². The summed E-state index contributed by atoms with van der Waals surface area (Å²) in [5, 5.41) is 8.57. The Morgan fingerprint density at radius 3 is 2.40 bits per heavy atom. The molecule has 1 aromatic heterocycles. The molecule has 0 aliphatic carbocycles. The summed E-state index contributed by atoms with van der Waals surface area (Å²) in [7, 11) is -2.25. The zero-order valence-corrected chi connectivity index (χ0v) is 21.8. The molecule has 2 aromatic carbocycles. The van der Waals surface area contributed by atoms with Crippen molar-refractivity contribution >= 4 is 27.3 Å². The minimum atomic E-state index is -4.06. The van der Waals surface area contributed by atoms with Crippen molar-refractivity contribution in [2.24, 2.45) is 7.05 Å². The monoisotopic (exact) mass is 521 g/mol. The van der Waals surface area contributed by atoms with Crippen molar-refractivity contribution in [3.8, 4) is 11.4 Å². The molecule has 0 bridgehead atoms. The number of hydrogen-bond donors (Lipinski definition) is 0. The van der Waals surface area contributed by atoms with Crippen LogP contribution in [0.25, 0.3) is 11.4 Å². The largest absolute Gasteiger partial charge is 0.379 e. The summed E-state index contributed by atoms with van der Waals surface area (Å²) in [5.41, 5.74) is -0.426. The lowest BCUT2D eigenvalue weighted by Crippen LogP contribution is -2.46. The van der Waals surface area contributed by atoms with Gasteiger partial charge in [-0.1, -0.05) is 29.8 Å². The van der Waals surface area contributed by atoms with Gasteiger partial charge in [0.2, 0.25) is 0 Å². The minimum Gasteiger partial charge on any atom is -0.379 e. The normalized spacial score (nSPS) is 15.4. The van der Waals surface area contributed by atoms with Crippen LogP contribution in [0.1, 0.15) is 26.6 Å². The van der Waals surface area contributed by atoms with E-state index in [-0.39, 0.29) is 15.6 Å². The summed E-state index contributed by atoms with van der Waals surface area (Å²) in [6.45, 7) is 8.69. The average molecular weight is 522 g/mol. The number of nitrogens with zero attached hydrogens (tertiary/aromatic N) is 5. The molecule has 188 valence electrons. The van der Waals surface area contributed by atoms with Crippen molar-refractivity contribution in [2.45, 2.75) is 37.8 Å².